The SMILES string of the molecule is Cc1n[nH]c(=O)c2c(NC(=O)CN3CCCCCC3)oc(C)c12. The molecular formula is C16H22N4O3. The highest BCUT2D eigenvalue weighted by molar-refractivity contribution is 6.01. The highest BCUT2D eigenvalue weighted by Gasteiger charge is 2.20. The summed E-state index contributed by atoms with van der Waals surface area (Å²) in [5.41, 5.74) is 0.321. The number of fused-ring (bicyclic) bond motifs is 1. The molecule has 0 aliphatic carbocycles. The molecule has 7 heteroatoms. The van der Waals surface area contributed by atoms with Crippen molar-refractivity contribution in [1.82, 2.24) is 15.1 Å². The number of carbonyl (C=O) groups excluding carboxylic acids is 1. The van der Waals surface area contributed by atoms with Crippen molar-refractivity contribution in [3.05, 3.63) is 21.8 Å². The van der Waals surface area contributed by atoms with Gasteiger partial charge in [0.25, 0.3) is 5.56 Å². The number of carbonyl (C=O) groups is 1. The molecule has 3 rings (SSSR count). The molecule has 0 bridgehead atoms. The molecular weight excluding hydrogens is 296 g/mol. The Hall–Kier alpha value is -2.15. The third kappa shape index (κ3) is 3.29. The van der Waals surface area contributed by atoms with E-state index >= 15 is 0 Å². The highest BCUT2D eigenvalue weighted by Crippen LogP contribution is 2.28. The summed E-state index contributed by atoms with van der Waals surface area (Å²) in [6.45, 7) is 5.76. The number of aryl methyl sites for hydroxylation is 2. The molecule has 1 saturated heterocycles. The zero-order valence-corrected chi connectivity index (χ0v) is 13.6. The number of hydrogen-bond acceptors (Lipinski definition) is 5. The number of furan rings is 1. The van der Waals surface area contributed by atoms with Crippen molar-refractivity contribution in [2.24, 2.45) is 0 Å². The van der Waals surface area contributed by atoms with Crippen LogP contribution >= 0.6 is 0 Å². The Morgan fingerprint density at radius 1 is 1.22 bits per heavy atom. The van der Waals surface area contributed by atoms with Gasteiger partial charge in [0.05, 0.1) is 17.6 Å². The molecule has 1 amide bonds. The third-order valence-electron chi connectivity index (χ3n) is 4.32. The molecule has 0 unspecified atom stereocenters. The van der Waals surface area contributed by atoms with Crippen LogP contribution < -0.4 is 10.9 Å². The van der Waals surface area contributed by atoms with Crippen molar-refractivity contribution in [1.29, 1.82) is 0 Å². The third-order valence-corrected chi connectivity index (χ3v) is 4.32. The minimum absolute atomic E-state index is 0.156. The van der Waals surface area contributed by atoms with E-state index in [0.29, 0.717) is 28.8 Å². The first-order valence-corrected chi connectivity index (χ1v) is 8.07. The van der Waals surface area contributed by atoms with Gasteiger partial charge >= 0.3 is 0 Å². The number of aromatic amines is 1. The number of amides is 1. The number of hydrogen-bond donors (Lipinski definition) is 2. The van der Waals surface area contributed by atoms with Crippen molar-refractivity contribution in [3.63, 3.8) is 0 Å². The smallest absolute Gasteiger partial charge is 0.277 e. The largest absolute Gasteiger partial charge is 0.444 e. The molecule has 1 aliphatic rings. The molecule has 3 heterocycles. The van der Waals surface area contributed by atoms with Gasteiger partial charge in [0.1, 0.15) is 11.1 Å². The van der Waals surface area contributed by atoms with Gasteiger partial charge in [0, 0.05) is 0 Å². The molecule has 0 atom stereocenters. The van der Waals surface area contributed by atoms with E-state index in [-0.39, 0.29) is 17.4 Å². The summed E-state index contributed by atoms with van der Waals surface area (Å²) in [5.74, 6) is 0.640. The predicted molar refractivity (Wildman–Crippen MR) is 87.6 cm³/mol. The molecule has 23 heavy (non-hydrogen) atoms. The zero-order valence-electron chi connectivity index (χ0n) is 13.6. The summed E-state index contributed by atoms with van der Waals surface area (Å²) in [7, 11) is 0. The standard InChI is InChI=1S/C16H22N4O3/c1-10-13-11(2)23-16(14(13)15(22)19-18-10)17-12(21)9-20-7-5-3-4-6-8-20/h3-9H2,1-2H3,(H,17,21)(H,19,22). The zero-order chi connectivity index (χ0) is 16.4. The fraction of sp³-hybridized carbons (Fsp3) is 0.562. The van der Waals surface area contributed by atoms with E-state index in [1.165, 1.54) is 12.8 Å². The maximum atomic E-state index is 12.3. The van der Waals surface area contributed by atoms with Crippen LogP contribution in [-0.2, 0) is 4.79 Å². The van der Waals surface area contributed by atoms with E-state index in [2.05, 4.69) is 20.4 Å². The summed E-state index contributed by atoms with van der Waals surface area (Å²) < 4.78 is 5.60. The Morgan fingerprint density at radius 3 is 2.61 bits per heavy atom. The summed E-state index contributed by atoms with van der Waals surface area (Å²) in [6.07, 6.45) is 4.70. The number of rotatable bonds is 3. The lowest BCUT2D eigenvalue weighted by Crippen LogP contribution is -2.34. The summed E-state index contributed by atoms with van der Waals surface area (Å²) in [4.78, 5) is 26.5. The first-order valence-electron chi connectivity index (χ1n) is 8.07. The Labute approximate surface area is 134 Å². The Morgan fingerprint density at radius 2 is 1.91 bits per heavy atom. The average Bonchev–Trinajstić information content (AvgIpc) is 2.69. The van der Waals surface area contributed by atoms with Crippen LogP contribution in [0.15, 0.2) is 9.21 Å². The molecule has 1 fully saturated rings. The highest BCUT2D eigenvalue weighted by atomic mass is 16.4. The van der Waals surface area contributed by atoms with Crippen molar-refractivity contribution in [3.8, 4) is 0 Å². The first-order chi connectivity index (χ1) is 11.1. The number of likely N-dealkylation sites (tertiary alicyclic amines) is 1. The van der Waals surface area contributed by atoms with E-state index in [0.717, 1.165) is 25.9 Å². The number of nitrogens with zero attached hydrogens (tertiary/aromatic N) is 2. The van der Waals surface area contributed by atoms with Crippen LogP contribution in [0.3, 0.4) is 0 Å². The van der Waals surface area contributed by atoms with Gasteiger partial charge in [-0.3, -0.25) is 19.8 Å². The minimum atomic E-state index is -0.354. The normalized spacial score (nSPS) is 16.4. The molecule has 1 aliphatic heterocycles. The fourth-order valence-corrected chi connectivity index (χ4v) is 3.20. The Kier molecular flexibility index (Phi) is 4.47. The molecule has 2 N–H and O–H groups in total. The van der Waals surface area contributed by atoms with E-state index < -0.39 is 0 Å². The molecule has 0 aromatic carbocycles. The number of nitrogens with one attached hydrogen (secondary N) is 2. The Bertz CT molecular complexity index is 769. The van der Waals surface area contributed by atoms with Crippen LogP contribution in [0.25, 0.3) is 10.8 Å². The molecule has 0 saturated carbocycles. The number of aromatic nitrogens is 2. The van der Waals surface area contributed by atoms with Crippen molar-refractivity contribution >= 4 is 22.6 Å². The van der Waals surface area contributed by atoms with E-state index in [9.17, 15) is 9.59 Å². The quantitative estimate of drug-likeness (QED) is 0.902. The maximum Gasteiger partial charge on any atom is 0.277 e. The van der Waals surface area contributed by atoms with Crippen molar-refractivity contribution in [2.45, 2.75) is 39.5 Å². The van der Waals surface area contributed by atoms with Crippen LogP contribution in [0.4, 0.5) is 5.88 Å². The van der Waals surface area contributed by atoms with Crippen LogP contribution in [-0.4, -0.2) is 40.6 Å². The van der Waals surface area contributed by atoms with Gasteiger partial charge in [-0.25, -0.2) is 5.10 Å². The molecule has 0 radical (unpaired) electrons. The van der Waals surface area contributed by atoms with E-state index in [1.54, 1.807) is 13.8 Å². The molecule has 2 aromatic heterocycles. The fourth-order valence-electron chi connectivity index (χ4n) is 3.20. The lowest BCUT2D eigenvalue weighted by molar-refractivity contribution is -0.117. The second-order valence-electron chi connectivity index (χ2n) is 6.11. The molecule has 0 spiro atoms. The van der Waals surface area contributed by atoms with Crippen LogP contribution in [0.1, 0.15) is 37.1 Å². The topological polar surface area (TPSA) is 91.2 Å². The van der Waals surface area contributed by atoms with Crippen LogP contribution in [0.5, 0.6) is 0 Å². The Balaban J connectivity index is 1.80. The summed E-state index contributed by atoms with van der Waals surface area (Å²) in [6, 6.07) is 0. The monoisotopic (exact) mass is 318 g/mol. The molecule has 7 nitrogen and oxygen atoms in total. The van der Waals surface area contributed by atoms with Gasteiger partial charge in [0.15, 0.2) is 0 Å². The van der Waals surface area contributed by atoms with Gasteiger partial charge in [0.2, 0.25) is 11.8 Å². The van der Waals surface area contributed by atoms with Crippen LogP contribution in [0.2, 0.25) is 0 Å². The summed E-state index contributed by atoms with van der Waals surface area (Å²) >= 11 is 0. The lowest BCUT2D eigenvalue weighted by Gasteiger charge is -2.18. The maximum absolute atomic E-state index is 12.3. The van der Waals surface area contributed by atoms with Crippen LogP contribution in [0, 0.1) is 13.8 Å². The first kappa shape index (κ1) is 15.7. The van der Waals surface area contributed by atoms with Gasteiger partial charge in [-0.05, 0) is 39.8 Å². The van der Waals surface area contributed by atoms with Gasteiger partial charge in [-0.2, -0.15) is 5.10 Å². The van der Waals surface area contributed by atoms with E-state index in [1.807, 2.05) is 0 Å². The van der Waals surface area contributed by atoms with Gasteiger partial charge < -0.3 is 4.42 Å². The van der Waals surface area contributed by atoms with Crippen molar-refractivity contribution in [2.75, 3.05) is 25.0 Å². The average molecular weight is 318 g/mol. The predicted octanol–water partition coefficient (Wildman–Crippen LogP) is 1.95. The number of anilines is 1. The second kappa shape index (κ2) is 6.54. The second-order valence-corrected chi connectivity index (χ2v) is 6.11. The summed E-state index contributed by atoms with van der Waals surface area (Å²) in [5, 5.41) is 10.2. The lowest BCUT2D eigenvalue weighted by atomic mass is 10.2. The molecule has 2 aromatic rings. The minimum Gasteiger partial charge on any atom is -0.444 e. The van der Waals surface area contributed by atoms with Gasteiger partial charge in [-0.1, -0.05) is 12.8 Å². The van der Waals surface area contributed by atoms with Crippen molar-refractivity contribution < 1.29 is 9.21 Å². The van der Waals surface area contributed by atoms with Gasteiger partial charge in [-0.15, -0.1) is 0 Å². The molecule has 124 valence electrons. The van der Waals surface area contributed by atoms with E-state index in [4.69, 9.17) is 4.42 Å². The number of H-pyrrole nitrogens is 1.